The summed E-state index contributed by atoms with van der Waals surface area (Å²) in [5.74, 6) is 0.679. The lowest BCUT2D eigenvalue weighted by Crippen LogP contribution is -2.27. The SMILES string of the molecule is COc1ccc(Br)cc1S(=O)(=O)NCC1C(C)(C)C1(C)C. The normalized spacial score (nSPS) is 20.3. The Kier molecular flexibility index (Phi) is 4.19. The van der Waals surface area contributed by atoms with Crippen molar-refractivity contribution in [2.45, 2.75) is 32.6 Å². The van der Waals surface area contributed by atoms with Gasteiger partial charge in [-0.3, -0.25) is 0 Å². The fourth-order valence-electron chi connectivity index (χ4n) is 2.97. The summed E-state index contributed by atoms with van der Waals surface area (Å²) in [6, 6.07) is 4.96. The van der Waals surface area contributed by atoms with E-state index in [0.717, 1.165) is 0 Å². The Labute approximate surface area is 135 Å². The summed E-state index contributed by atoms with van der Waals surface area (Å²) in [6.45, 7) is 9.13. The highest BCUT2D eigenvalue weighted by Crippen LogP contribution is 2.68. The molecule has 0 spiro atoms. The smallest absolute Gasteiger partial charge is 0.244 e. The van der Waals surface area contributed by atoms with Crippen molar-refractivity contribution in [2.75, 3.05) is 13.7 Å². The van der Waals surface area contributed by atoms with Crippen molar-refractivity contribution in [1.29, 1.82) is 0 Å². The number of hydrogen-bond donors (Lipinski definition) is 1. The van der Waals surface area contributed by atoms with E-state index in [4.69, 9.17) is 4.74 Å². The van der Waals surface area contributed by atoms with Gasteiger partial charge in [0.05, 0.1) is 7.11 Å². The maximum Gasteiger partial charge on any atom is 0.244 e. The first-order valence-corrected chi connectivity index (χ1v) is 9.15. The predicted molar refractivity (Wildman–Crippen MR) is 86.9 cm³/mol. The topological polar surface area (TPSA) is 55.4 Å². The first-order chi connectivity index (χ1) is 9.54. The van der Waals surface area contributed by atoms with Crippen LogP contribution in [0.1, 0.15) is 27.7 Å². The highest BCUT2D eigenvalue weighted by molar-refractivity contribution is 9.10. The van der Waals surface area contributed by atoms with Gasteiger partial charge in [0.25, 0.3) is 0 Å². The molecule has 4 nitrogen and oxygen atoms in total. The fourth-order valence-corrected chi connectivity index (χ4v) is 4.73. The second-order valence-electron chi connectivity index (χ2n) is 6.64. The van der Waals surface area contributed by atoms with Crippen LogP contribution in [0.3, 0.4) is 0 Å². The van der Waals surface area contributed by atoms with Crippen LogP contribution in [0.4, 0.5) is 0 Å². The molecule has 1 aliphatic carbocycles. The zero-order valence-electron chi connectivity index (χ0n) is 13.0. The van der Waals surface area contributed by atoms with Gasteiger partial charge in [-0.15, -0.1) is 0 Å². The Morgan fingerprint density at radius 1 is 1.24 bits per heavy atom. The molecular weight excluding hydrogens is 354 g/mol. The maximum absolute atomic E-state index is 12.5. The molecule has 0 atom stereocenters. The largest absolute Gasteiger partial charge is 0.495 e. The molecule has 0 aliphatic heterocycles. The van der Waals surface area contributed by atoms with Crippen LogP contribution in [0.5, 0.6) is 5.75 Å². The lowest BCUT2D eigenvalue weighted by atomic mass is 10.0. The second kappa shape index (κ2) is 5.25. The molecule has 21 heavy (non-hydrogen) atoms. The molecule has 0 bridgehead atoms. The lowest BCUT2D eigenvalue weighted by Gasteiger charge is -2.11. The van der Waals surface area contributed by atoms with Crippen molar-refractivity contribution < 1.29 is 13.2 Å². The number of nitrogens with one attached hydrogen (secondary N) is 1. The number of benzene rings is 1. The van der Waals surface area contributed by atoms with Crippen LogP contribution in [-0.4, -0.2) is 22.1 Å². The third-order valence-corrected chi connectivity index (χ3v) is 7.15. The average Bonchev–Trinajstić information content (AvgIpc) is 2.77. The van der Waals surface area contributed by atoms with E-state index in [1.165, 1.54) is 7.11 Å². The Morgan fingerprint density at radius 2 is 1.81 bits per heavy atom. The van der Waals surface area contributed by atoms with E-state index in [1.54, 1.807) is 18.2 Å². The van der Waals surface area contributed by atoms with Gasteiger partial charge in [-0.05, 0) is 34.9 Å². The molecule has 0 amide bonds. The number of rotatable bonds is 5. The van der Waals surface area contributed by atoms with Crippen molar-refractivity contribution in [3.63, 3.8) is 0 Å². The molecule has 6 heteroatoms. The molecule has 0 heterocycles. The van der Waals surface area contributed by atoms with Crippen molar-refractivity contribution in [3.8, 4) is 5.75 Å². The first kappa shape index (κ1) is 16.8. The molecular formula is C15H22BrNO3S. The van der Waals surface area contributed by atoms with E-state index >= 15 is 0 Å². The van der Waals surface area contributed by atoms with Crippen LogP contribution in [0.2, 0.25) is 0 Å². The summed E-state index contributed by atoms with van der Waals surface area (Å²) < 4.78 is 33.6. The summed E-state index contributed by atoms with van der Waals surface area (Å²) in [5, 5.41) is 0. The van der Waals surface area contributed by atoms with Gasteiger partial charge >= 0.3 is 0 Å². The van der Waals surface area contributed by atoms with E-state index in [1.807, 2.05) is 0 Å². The quantitative estimate of drug-likeness (QED) is 0.857. The van der Waals surface area contributed by atoms with Crippen LogP contribution in [-0.2, 0) is 10.0 Å². The van der Waals surface area contributed by atoms with Gasteiger partial charge in [0.15, 0.2) is 0 Å². The first-order valence-electron chi connectivity index (χ1n) is 6.87. The number of halogens is 1. The molecule has 0 saturated heterocycles. The highest BCUT2D eigenvalue weighted by Gasteiger charge is 2.64. The molecule has 0 aromatic heterocycles. The third kappa shape index (κ3) is 2.85. The number of methoxy groups -OCH3 is 1. The maximum atomic E-state index is 12.5. The van der Waals surface area contributed by atoms with Gasteiger partial charge in [-0.25, -0.2) is 13.1 Å². The molecule has 2 rings (SSSR count). The summed E-state index contributed by atoms with van der Waals surface area (Å²) in [5.41, 5.74) is 0.299. The minimum absolute atomic E-state index is 0.150. The van der Waals surface area contributed by atoms with E-state index < -0.39 is 10.0 Å². The van der Waals surface area contributed by atoms with Crippen LogP contribution < -0.4 is 9.46 Å². The van der Waals surface area contributed by atoms with Gasteiger partial charge in [0.2, 0.25) is 10.0 Å². The molecule has 1 aromatic carbocycles. The number of hydrogen-bond acceptors (Lipinski definition) is 3. The Balaban J connectivity index is 2.19. The predicted octanol–water partition coefficient (Wildman–Crippen LogP) is 3.42. The molecule has 1 fully saturated rings. The lowest BCUT2D eigenvalue weighted by molar-refractivity contribution is 0.402. The molecule has 1 aromatic rings. The van der Waals surface area contributed by atoms with E-state index in [9.17, 15) is 8.42 Å². The van der Waals surface area contributed by atoms with E-state index in [0.29, 0.717) is 22.7 Å². The number of sulfonamides is 1. The van der Waals surface area contributed by atoms with Crippen molar-refractivity contribution in [1.82, 2.24) is 4.72 Å². The standard InChI is InChI=1S/C15H22BrNO3S/c1-14(2)13(15(14,3)4)9-17-21(18,19)12-8-10(16)6-7-11(12)20-5/h6-8,13,17H,9H2,1-5H3. The number of ether oxygens (including phenoxy) is 1. The minimum Gasteiger partial charge on any atom is -0.495 e. The second-order valence-corrected chi connectivity index (χ2v) is 9.29. The Morgan fingerprint density at radius 3 is 2.29 bits per heavy atom. The Bertz CT molecular complexity index is 639. The third-order valence-electron chi connectivity index (χ3n) is 5.21. The summed E-state index contributed by atoms with van der Waals surface area (Å²) >= 11 is 3.30. The summed E-state index contributed by atoms with van der Waals surface area (Å²) in [6.07, 6.45) is 0. The zero-order chi connectivity index (χ0) is 16.1. The van der Waals surface area contributed by atoms with Gasteiger partial charge in [-0.2, -0.15) is 0 Å². The molecule has 0 radical (unpaired) electrons. The van der Waals surface area contributed by atoms with Crippen molar-refractivity contribution >= 4 is 26.0 Å². The van der Waals surface area contributed by atoms with Crippen LogP contribution >= 0.6 is 15.9 Å². The zero-order valence-corrected chi connectivity index (χ0v) is 15.4. The molecule has 1 aliphatic rings. The van der Waals surface area contributed by atoms with E-state index in [2.05, 4.69) is 48.3 Å². The van der Waals surface area contributed by atoms with Gasteiger partial charge in [-0.1, -0.05) is 43.6 Å². The molecule has 1 N–H and O–H groups in total. The molecule has 0 unspecified atom stereocenters. The van der Waals surface area contributed by atoms with Crippen molar-refractivity contribution in [3.05, 3.63) is 22.7 Å². The highest BCUT2D eigenvalue weighted by atomic mass is 79.9. The van der Waals surface area contributed by atoms with Crippen LogP contribution in [0.25, 0.3) is 0 Å². The minimum atomic E-state index is -3.59. The van der Waals surface area contributed by atoms with Gasteiger partial charge < -0.3 is 4.74 Å². The monoisotopic (exact) mass is 375 g/mol. The summed E-state index contributed by atoms with van der Waals surface area (Å²) in [7, 11) is -2.12. The van der Waals surface area contributed by atoms with Crippen molar-refractivity contribution in [2.24, 2.45) is 16.7 Å². The summed E-state index contributed by atoms with van der Waals surface area (Å²) in [4.78, 5) is 0.163. The fraction of sp³-hybridized carbons (Fsp3) is 0.600. The molecule has 1 saturated carbocycles. The van der Waals surface area contributed by atoms with Gasteiger partial charge in [0, 0.05) is 11.0 Å². The molecule has 118 valence electrons. The van der Waals surface area contributed by atoms with Crippen LogP contribution in [0, 0.1) is 16.7 Å². The average molecular weight is 376 g/mol. The van der Waals surface area contributed by atoms with Gasteiger partial charge in [0.1, 0.15) is 10.6 Å². The Hall–Kier alpha value is -0.590. The van der Waals surface area contributed by atoms with E-state index in [-0.39, 0.29) is 15.7 Å². The van der Waals surface area contributed by atoms with Crippen LogP contribution in [0.15, 0.2) is 27.6 Å².